The minimum atomic E-state index is -1.08. The van der Waals surface area contributed by atoms with E-state index >= 15 is 4.39 Å². The number of ether oxygens (including phenoxy) is 3. The summed E-state index contributed by atoms with van der Waals surface area (Å²) in [5, 5.41) is 18.0. The monoisotopic (exact) mass is 555 g/mol. The Labute approximate surface area is 234 Å². The van der Waals surface area contributed by atoms with Crippen LogP contribution in [0.5, 0.6) is 17.2 Å². The zero-order valence-corrected chi connectivity index (χ0v) is 23.9. The van der Waals surface area contributed by atoms with Gasteiger partial charge in [-0.15, -0.1) is 0 Å². The van der Waals surface area contributed by atoms with Gasteiger partial charge >= 0.3 is 5.97 Å². The number of halogens is 1. The Balaban J connectivity index is 1.68. The minimum Gasteiger partial charge on any atom is -0.490 e. The molecule has 2 aromatic rings. The van der Waals surface area contributed by atoms with Crippen molar-refractivity contribution < 1.29 is 33.3 Å². The van der Waals surface area contributed by atoms with Gasteiger partial charge in [-0.1, -0.05) is 20.8 Å². The second kappa shape index (κ2) is 11.7. The molecule has 0 unspecified atom stereocenters. The first-order valence-electron chi connectivity index (χ1n) is 13.7. The molecule has 0 atom stereocenters. The molecule has 2 heterocycles. The van der Waals surface area contributed by atoms with Crippen LogP contribution in [-0.4, -0.2) is 67.0 Å². The first kappa shape index (κ1) is 29.2. The predicted molar refractivity (Wildman–Crippen MR) is 150 cm³/mol. The normalized spacial score (nSPS) is 14.9. The molecule has 2 aromatic carbocycles. The molecule has 0 bridgehead atoms. The molecule has 10 heteroatoms. The Morgan fingerprint density at radius 1 is 1.02 bits per heavy atom. The highest BCUT2D eigenvalue weighted by Gasteiger charge is 2.34. The summed E-state index contributed by atoms with van der Waals surface area (Å²) in [5.41, 5.74) is 2.10. The lowest BCUT2D eigenvalue weighted by molar-refractivity contribution is -0.139. The molecule has 2 aliphatic rings. The van der Waals surface area contributed by atoms with Crippen LogP contribution in [0.4, 0.5) is 10.1 Å². The van der Waals surface area contributed by atoms with Gasteiger partial charge in [-0.05, 0) is 55.9 Å². The van der Waals surface area contributed by atoms with Crippen molar-refractivity contribution in [2.75, 3.05) is 44.4 Å². The molecular weight excluding hydrogens is 517 g/mol. The standard InChI is InChI=1S/C30H38FN3O6/c1-6-38-23-14-19-15-34(29(32)25(19)26(31)28(23)39-7-2)16-22(35)18-12-20(30(3,4)5)27(40-17-24(36)37)21(13-18)33-10-8-9-11-33/h12-14,32H,6-11,15-17H2,1-5H3,(H,36,37). The van der Waals surface area contributed by atoms with Crippen molar-refractivity contribution >= 4 is 23.3 Å². The third kappa shape index (κ3) is 5.85. The van der Waals surface area contributed by atoms with Crippen LogP contribution in [-0.2, 0) is 16.8 Å². The zero-order valence-electron chi connectivity index (χ0n) is 23.9. The zero-order chi connectivity index (χ0) is 29.2. The number of carboxylic acid groups (broad SMARTS) is 1. The maximum absolute atomic E-state index is 15.5. The number of anilines is 1. The number of carboxylic acids is 1. The average Bonchev–Trinajstić information content (AvgIpc) is 3.53. The molecule has 1 saturated heterocycles. The molecule has 1 fully saturated rings. The highest BCUT2D eigenvalue weighted by atomic mass is 19.1. The van der Waals surface area contributed by atoms with Crippen molar-refractivity contribution in [2.24, 2.45) is 0 Å². The van der Waals surface area contributed by atoms with Crippen LogP contribution in [0.15, 0.2) is 18.2 Å². The number of ketones is 1. The number of fused-ring (bicyclic) bond motifs is 1. The lowest BCUT2D eigenvalue weighted by Gasteiger charge is -2.29. The highest BCUT2D eigenvalue weighted by Crippen LogP contribution is 2.42. The van der Waals surface area contributed by atoms with Gasteiger partial charge in [0.25, 0.3) is 0 Å². The Hall–Kier alpha value is -3.82. The summed E-state index contributed by atoms with van der Waals surface area (Å²) in [7, 11) is 0. The fraction of sp³-hybridized carbons (Fsp3) is 0.500. The predicted octanol–water partition coefficient (Wildman–Crippen LogP) is 5.01. The van der Waals surface area contributed by atoms with Crippen molar-refractivity contribution in [1.29, 1.82) is 5.41 Å². The van der Waals surface area contributed by atoms with Crippen molar-refractivity contribution in [3.05, 3.63) is 46.3 Å². The third-order valence-electron chi connectivity index (χ3n) is 7.09. The molecule has 4 rings (SSSR count). The summed E-state index contributed by atoms with van der Waals surface area (Å²) in [5.74, 6) is -1.32. The van der Waals surface area contributed by atoms with Crippen molar-refractivity contribution in [1.82, 2.24) is 4.90 Å². The molecule has 2 N–H and O–H groups in total. The van der Waals surface area contributed by atoms with Crippen LogP contribution in [0.2, 0.25) is 0 Å². The molecule has 9 nitrogen and oxygen atoms in total. The molecule has 216 valence electrons. The molecule has 40 heavy (non-hydrogen) atoms. The van der Waals surface area contributed by atoms with Crippen LogP contribution in [0.3, 0.4) is 0 Å². The van der Waals surface area contributed by atoms with E-state index in [1.165, 1.54) is 0 Å². The minimum absolute atomic E-state index is 0.0250. The van der Waals surface area contributed by atoms with Crippen LogP contribution in [0.1, 0.15) is 74.5 Å². The number of Topliss-reactive ketones (excluding diaryl/α,β-unsaturated/α-hetero) is 1. The van der Waals surface area contributed by atoms with Crippen LogP contribution in [0.25, 0.3) is 0 Å². The summed E-state index contributed by atoms with van der Waals surface area (Å²) in [6.07, 6.45) is 1.98. The summed E-state index contributed by atoms with van der Waals surface area (Å²) < 4.78 is 32.4. The summed E-state index contributed by atoms with van der Waals surface area (Å²) >= 11 is 0. The second-order valence-corrected chi connectivity index (χ2v) is 11.0. The Morgan fingerprint density at radius 3 is 2.30 bits per heavy atom. The van der Waals surface area contributed by atoms with Gasteiger partial charge in [0.1, 0.15) is 11.6 Å². The van der Waals surface area contributed by atoms with Crippen molar-refractivity contribution in [3.63, 3.8) is 0 Å². The summed E-state index contributed by atoms with van der Waals surface area (Å²) in [6, 6.07) is 5.20. The molecule has 0 aromatic heterocycles. The fourth-order valence-corrected chi connectivity index (χ4v) is 5.23. The van der Waals surface area contributed by atoms with Gasteiger partial charge < -0.3 is 29.1 Å². The number of nitrogens with zero attached hydrogens (tertiary/aromatic N) is 2. The van der Waals surface area contributed by atoms with Gasteiger partial charge in [0.05, 0.1) is 31.0 Å². The van der Waals surface area contributed by atoms with E-state index in [4.69, 9.17) is 19.6 Å². The Morgan fingerprint density at radius 2 is 1.70 bits per heavy atom. The number of carbonyl (C=O) groups is 2. The van der Waals surface area contributed by atoms with E-state index in [1.807, 2.05) is 20.8 Å². The van der Waals surface area contributed by atoms with Gasteiger partial charge in [-0.25, -0.2) is 9.18 Å². The smallest absolute Gasteiger partial charge is 0.341 e. The Kier molecular flexibility index (Phi) is 8.56. The van der Waals surface area contributed by atoms with Crippen LogP contribution >= 0.6 is 0 Å². The summed E-state index contributed by atoms with van der Waals surface area (Å²) in [4.78, 5) is 28.7. The number of rotatable bonds is 11. The second-order valence-electron chi connectivity index (χ2n) is 11.0. The molecule has 2 aliphatic heterocycles. The van der Waals surface area contributed by atoms with E-state index in [0.29, 0.717) is 29.2 Å². The highest BCUT2D eigenvalue weighted by molar-refractivity contribution is 6.06. The fourth-order valence-electron chi connectivity index (χ4n) is 5.23. The van der Waals surface area contributed by atoms with E-state index in [2.05, 4.69) is 4.90 Å². The maximum atomic E-state index is 15.5. The Bertz CT molecular complexity index is 1310. The topological polar surface area (TPSA) is 112 Å². The molecular formula is C30H38FN3O6. The lowest BCUT2D eigenvalue weighted by atomic mass is 9.84. The number of carbonyl (C=O) groups excluding carboxylic acids is 1. The van der Waals surface area contributed by atoms with Crippen molar-refractivity contribution in [2.45, 2.75) is 59.4 Å². The van der Waals surface area contributed by atoms with E-state index in [9.17, 15) is 14.7 Å². The van der Waals surface area contributed by atoms with E-state index < -0.39 is 23.8 Å². The molecule has 0 spiro atoms. The number of aliphatic carboxylic acids is 1. The van der Waals surface area contributed by atoms with Gasteiger partial charge in [0, 0.05) is 30.8 Å². The number of nitrogens with one attached hydrogen (secondary N) is 1. The van der Waals surface area contributed by atoms with Crippen LogP contribution in [0, 0.1) is 11.2 Å². The maximum Gasteiger partial charge on any atom is 0.341 e. The first-order chi connectivity index (χ1) is 19.0. The van der Waals surface area contributed by atoms with E-state index in [-0.39, 0.29) is 48.4 Å². The largest absolute Gasteiger partial charge is 0.490 e. The van der Waals surface area contributed by atoms with E-state index in [0.717, 1.165) is 31.5 Å². The molecule has 0 amide bonds. The average molecular weight is 556 g/mol. The van der Waals surface area contributed by atoms with Gasteiger partial charge in [-0.3, -0.25) is 10.2 Å². The number of hydrogen-bond acceptors (Lipinski definition) is 7. The third-order valence-corrected chi connectivity index (χ3v) is 7.09. The van der Waals surface area contributed by atoms with Crippen LogP contribution < -0.4 is 19.1 Å². The van der Waals surface area contributed by atoms with Gasteiger partial charge in [-0.2, -0.15) is 0 Å². The van der Waals surface area contributed by atoms with Gasteiger partial charge in [0.15, 0.2) is 29.7 Å². The first-order valence-corrected chi connectivity index (χ1v) is 13.7. The summed E-state index contributed by atoms with van der Waals surface area (Å²) in [6.45, 7) is 11.2. The number of hydrogen-bond donors (Lipinski definition) is 2. The van der Waals surface area contributed by atoms with Crippen molar-refractivity contribution in [3.8, 4) is 17.2 Å². The number of amidine groups is 1. The SMILES string of the molecule is CCOc1cc2c(c(F)c1OCC)C(=N)N(CC(=O)c1cc(N3CCCC3)c(OCC(=O)O)c(C(C)(C)C)c1)C2. The lowest BCUT2D eigenvalue weighted by Crippen LogP contribution is -2.31. The van der Waals surface area contributed by atoms with Gasteiger partial charge in [0.2, 0.25) is 0 Å². The van der Waals surface area contributed by atoms with E-state index in [1.54, 1.807) is 36.9 Å². The number of benzene rings is 2. The molecule has 0 aliphatic carbocycles. The molecule has 0 saturated carbocycles. The molecule has 0 radical (unpaired) electrons. The quantitative estimate of drug-likeness (QED) is 0.372.